The molecule has 4 nitrogen and oxygen atoms in total. The van der Waals surface area contributed by atoms with E-state index in [0.29, 0.717) is 24.0 Å². The SMILES string of the molecule is CN=C(NCC(C)N1CCCCC1C)NC(C)C(C)C.I. The minimum atomic E-state index is 0. The molecular weight excluding hydrogens is 375 g/mol. The largest absolute Gasteiger partial charge is 0.355 e. The van der Waals surface area contributed by atoms with Crippen molar-refractivity contribution in [3.63, 3.8) is 0 Å². The molecular formula is C16H35IN4. The van der Waals surface area contributed by atoms with Crippen LogP contribution >= 0.6 is 24.0 Å². The number of likely N-dealkylation sites (tertiary alicyclic amines) is 1. The number of nitrogens with zero attached hydrogens (tertiary/aromatic N) is 2. The summed E-state index contributed by atoms with van der Waals surface area (Å²) in [6, 6.07) is 1.70. The van der Waals surface area contributed by atoms with Gasteiger partial charge in [0, 0.05) is 31.7 Å². The van der Waals surface area contributed by atoms with Gasteiger partial charge < -0.3 is 10.6 Å². The summed E-state index contributed by atoms with van der Waals surface area (Å²) in [5.41, 5.74) is 0. The van der Waals surface area contributed by atoms with Gasteiger partial charge in [-0.15, -0.1) is 24.0 Å². The topological polar surface area (TPSA) is 39.7 Å². The Kier molecular flexibility index (Phi) is 10.6. The molecule has 21 heavy (non-hydrogen) atoms. The lowest BCUT2D eigenvalue weighted by Gasteiger charge is -2.38. The van der Waals surface area contributed by atoms with E-state index in [1.54, 1.807) is 0 Å². The lowest BCUT2D eigenvalue weighted by Crippen LogP contribution is -2.51. The number of aliphatic imine (C=N–C) groups is 1. The zero-order valence-electron chi connectivity index (χ0n) is 14.6. The highest BCUT2D eigenvalue weighted by molar-refractivity contribution is 14.0. The van der Waals surface area contributed by atoms with E-state index in [1.807, 2.05) is 7.05 Å². The van der Waals surface area contributed by atoms with E-state index in [9.17, 15) is 0 Å². The third-order valence-electron chi connectivity index (χ3n) is 4.57. The molecule has 0 amide bonds. The molecule has 126 valence electrons. The lowest BCUT2D eigenvalue weighted by molar-refractivity contribution is 0.115. The van der Waals surface area contributed by atoms with Crippen LogP contribution in [0.4, 0.5) is 0 Å². The molecule has 1 fully saturated rings. The van der Waals surface area contributed by atoms with Crippen LogP contribution in [0.5, 0.6) is 0 Å². The van der Waals surface area contributed by atoms with Crippen LogP contribution in [-0.2, 0) is 0 Å². The molecule has 1 rings (SSSR count). The third-order valence-corrected chi connectivity index (χ3v) is 4.57. The summed E-state index contributed by atoms with van der Waals surface area (Å²) in [5.74, 6) is 1.52. The van der Waals surface area contributed by atoms with Crippen LogP contribution in [0.2, 0.25) is 0 Å². The van der Waals surface area contributed by atoms with E-state index >= 15 is 0 Å². The zero-order valence-corrected chi connectivity index (χ0v) is 17.0. The second-order valence-corrected chi connectivity index (χ2v) is 6.56. The molecule has 5 heteroatoms. The van der Waals surface area contributed by atoms with Crippen molar-refractivity contribution in [3.8, 4) is 0 Å². The van der Waals surface area contributed by atoms with Crippen molar-refractivity contribution < 1.29 is 0 Å². The van der Waals surface area contributed by atoms with Gasteiger partial charge in [0.05, 0.1) is 0 Å². The molecule has 0 aromatic rings. The highest BCUT2D eigenvalue weighted by Crippen LogP contribution is 2.18. The molecule has 0 aromatic carbocycles. The second-order valence-electron chi connectivity index (χ2n) is 6.56. The predicted molar refractivity (Wildman–Crippen MR) is 104 cm³/mol. The van der Waals surface area contributed by atoms with Crippen molar-refractivity contribution in [1.29, 1.82) is 0 Å². The summed E-state index contributed by atoms with van der Waals surface area (Å²) >= 11 is 0. The smallest absolute Gasteiger partial charge is 0.191 e. The maximum atomic E-state index is 4.32. The maximum Gasteiger partial charge on any atom is 0.191 e. The van der Waals surface area contributed by atoms with Crippen LogP contribution in [-0.4, -0.2) is 49.1 Å². The molecule has 1 aliphatic heterocycles. The molecule has 3 unspecified atom stereocenters. The Balaban J connectivity index is 0.00000400. The van der Waals surface area contributed by atoms with Gasteiger partial charge in [0.25, 0.3) is 0 Å². The Hall–Kier alpha value is -0.0400. The van der Waals surface area contributed by atoms with E-state index in [0.717, 1.165) is 12.5 Å². The number of hydrogen-bond acceptors (Lipinski definition) is 2. The van der Waals surface area contributed by atoms with E-state index < -0.39 is 0 Å². The van der Waals surface area contributed by atoms with Gasteiger partial charge >= 0.3 is 0 Å². The van der Waals surface area contributed by atoms with E-state index in [4.69, 9.17) is 0 Å². The normalized spacial score (nSPS) is 23.4. The van der Waals surface area contributed by atoms with Crippen molar-refractivity contribution in [3.05, 3.63) is 0 Å². The minimum Gasteiger partial charge on any atom is -0.355 e. The molecule has 2 N–H and O–H groups in total. The van der Waals surface area contributed by atoms with Crippen molar-refractivity contribution in [1.82, 2.24) is 15.5 Å². The molecule has 0 bridgehead atoms. The monoisotopic (exact) mass is 410 g/mol. The molecule has 1 saturated heterocycles. The first-order chi connectivity index (χ1) is 9.45. The number of halogens is 1. The molecule has 1 aliphatic rings. The first-order valence-electron chi connectivity index (χ1n) is 8.18. The Morgan fingerprint density at radius 3 is 2.43 bits per heavy atom. The van der Waals surface area contributed by atoms with Gasteiger partial charge in [-0.05, 0) is 46.1 Å². The fourth-order valence-electron chi connectivity index (χ4n) is 2.71. The van der Waals surface area contributed by atoms with Gasteiger partial charge in [0.2, 0.25) is 0 Å². The number of hydrogen-bond donors (Lipinski definition) is 2. The Morgan fingerprint density at radius 1 is 1.24 bits per heavy atom. The highest BCUT2D eigenvalue weighted by atomic mass is 127. The van der Waals surface area contributed by atoms with E-state index in [2.05, 4.69) is 55.1 Å². The summed E-state index contributed by atoms with van der Waals surface area (Å²) in [7, 11) is 1.84. The Bertz CT molecular complexity index is 307. The standard InChI is InChI=1S/C16H34N4.HI/c1-12(2)15(5)19-16(17-6)18-11-14(4)20-10-8-7-9-13(20)3;/h12-15H,7-11H2,1-6H3,(H2,17,18,19);1H. The molecule has 3 atom stereocenters. The predicted octanol–water partition coefficient (Wildman–Crippen LogP) is 3.08. The average Bonchev–Trinajstić information content (AvgIpc) is 2.43. The number of piperidine rings is 1. The van der Waals surface area contributed by atoms with Crippen LogP contribution in [0.25, 0.3) is 0 Å². The van der Waals surface area contributed by atoms with Crippen molar-refractivity contribution in [2.24, 2.45) is 10.9 Å². The summed E-state index contributed by atoms with van der Waals surface area (Å²) < 4.78 is 0. The molecule has 0 radical (unpaired) electrons. The first kappa shape index (κ1) is 21.0. The van der Waals surface area contributed by atoms with Crippen molar-refractivity contribution in [2.75, 3.05) is 20.1 Å². The van der Waals surface area contributed by atoms with E-state index in [1.165, 1.54) is 25.8 Å². The number of rotatable bonds is 5. The van der Waals surface area contributed by atoms with Gasteiger partial charge in [-0.2, -0.15) is 0 Å². The van der Waals surface area contributed by atoms with Crippen molar-refractivity contribution >= 4 is 29.9 Å². The summed E-state index contributed by atoms with van der Waals surface area (Å²) in [6.07, 6.45) is 4.06. The number of guanidine groups is 1. The summed E-state index contributed by atoms with van der Waals surface area (Å²) in [6.45, 7) is 13.5. The van der Waals surface area contributed by atoms with Gasteiger partial charge in [-0.1, -0.05) is 20.3 Å². The fourth-order valence-corrected chi connectivity index (χ4v) is 2.71. The lowest BCUT2D eigenvalue weighted by atomic mass is 10.0. The van der Waals surface area contributed by atoms with Crippen LogP contribution in [0, 0.1) is 5.92 Å². The third kappa shape index (κ3) is 7.17. The van der Waals surface area contributed by atoms with Crippen molar-refractivity contribution in [2.45, 2.75) is 72.0 Å². The number of nitrogens with one attached hydrogen (secondary N) is 2. The second kappa shape index (κ2) is 10.6. The van der Waals surface area contributed by atoms with Gasteiger partial charge in [0.15, 0.2) is 5.96 Å². The first-order valence-corrected chi connectivity index (χ1v) is 8.18. The molecule has 0 aliphatic carbocycles. The van der Waals surface area contributed by atoms with Crippen LogP contribution < -0.4 is 10.6 Å². The van der Waals surface area contributed by atoms with E-state index in [-0.39, 0.29) is 24.0 Å². The highest BCUT2D eigenvalue weighted by Gasteiger charge is 2.23. The van der Waals surface area contributed by atoms with Crippen LogP contribution in [0.15, 0.2) is 4.99 Å². The molecule has 1 heterocycles. The zero-order chi connectivity index (χ0) is 15.1. The van der Waals surface area contributed by atoms with Crippen LogP contribution in [0.1, 0.15) is 53.9 Å². The molecule has 0 aromatic heterocycles. The fraction of sp³-hybridized carbons (Fsp3) is 0.938. The average molecular weight is 410 g/mol. The quantitative estimate of drug-likeness (QED) is 0.416. The maximum absolute atomic E-state index is 4.32. The summed E-state index contributed by atoms with van der Waals surface area (Å²) in [4.78, 5) is 6.94. The Labute approximate surface area is 148 Å². The van der Waals surface area contributed by atoms with Crippen LogP contribution in [0.3, 0.4) is 0 Å². The Morgan fingerprint density at radius 2 is 1.90 bits per heavy atom. The molecule has 0 saturated carbocycles. The van der Waals surface area contributed by atoms with Gasteiger partial charge in [-0.25, -0.2) is 0 Å². The molecule has 0 spiro atoms. The van der Waals surface area contributed by atoms with Gasteiger partial charge in [0.1, 0.15) is 0 Å². The summed E-state index contributed by atoms with van der Waals surface area (Å²) in [5, 5.41) is 6.93. The minimum absolute atomic E-state index is 0. The van der Waals surface area contributed by atoms with Gasteiger partial charge in [-0.3, -0.25) is 9.89 Å².